The fourth-order valence-corrected chi connectivity index (χ4v) is 2.94. The van der Waals surface area contributed by atoms with E-state index in [0.717, 1.165) is 10.1 Å². The van der Waals surface area contributed by atoms with E-state index in [4.69, 9.17) is 11.2 Å². The van der Waals surface area contributed by atoms with Gasteiger partial charge in [0.25, 0.3) is 0 Å². The molecule has 0 aliphatic rings. The minimum Gasteiger partial charge on any atom is -0.495 e. The summed E-state index contributed by atoms with van der Waals surface area (Å²) in [6.45, 7) is 1.49. The Morgan fingerprint density at radius 1 is 1.30 bits per heavy atom. The third-order valence-corrected chi connectivity index (χ3v) is 4.11. The number of fused-ring (bicyclic) bond motifs is 1. The molecule has 2 aromatic rings. The van der Waals surface area contributed by atoms with E-state index in [-0.39, 0.29) is 24.4 Å². The van der Waals surface area contributed by atoms with Gasteiger partial charge >= 0.3 is 0 Å². The maximum atomic E-state index is 12.0. The number of ketones is 2. The van der Waals surface area contributed by atoms with Crippen LogP contribution in [-0.2, 0) is 4.79 Å². The molecule has 2 rings (SSSR count). The second kappa shape index (κ2) is 5.89. The Morgan fingerprint density at radius 2 is 2.05 bits per heavy atom. The van der Waals surface area contributed by atoms with Crippen LogP contribution in [0.25, 0.3) is 10.1 Å². The first-order valence-electron chi connectivity index (χ1n) is 6.16. The molecule has 1 heterocycles. The number of thiophene rings is 1. The maximum Gasteiger partial charge on any atom is 0.173 e. The van der Waals surface area contributed by atoms with Crippen LogP contribution in [0.15, 0.2) is 18.2 Å². The predicted molar refractivity (Wildman–Crippen MR) is 80.6 cm³/mol. The summed E-state index contributed by atoms with van der Waals surface area (Å²) in [5, 5.41) is 0.926. The Kier molecular flexibility index (Phi) is 4.21. The summed E-state index contributed by atoms with van der Waals surface area (Å²) in [4.78, 5) is 23.6. The summed E-state index contributed by atoms with van der Waals surface area (Å²) in [7, 11) is 1.56. The Labute approximate surface area is 121 Å². The van der Waals surface area contributed by atoms with Crippen LogP contribution >= 0.6 is 11.3 Å². The number of carbonyl (C=O) groups is 2. The summed E-state index contributed by atoms with van der Waals surface area (Å²) in [6.07, 6.45) is 5.97. The van der Waals surface area contributed by atoms with Crippen LogP contribution in [-0.4, -0.2) is 18.7 Å². The highest BCUT2D eigenvalue weighted by Gasteiger charge is 2.13. The lowest BCUT2D eigenvalue weighted by atomic mass is 10.1. The summed E-state index contributed by atoms with van der Waals surface area (Å²) in [5.74, 6) is 3.21. The first-order valence-corrected chi connectivity index (χ1v) is 6.97. The quantitative estimate of drug-likeness (QED) is 0.624. The van der Waals surface area contributed by atoms with E-state index in [1.807, 2.05) is 18.2 Å². The van der Waals surface area contributed by atoms with Gasteiger partial charge in [-0.05, 0) is 30.5 Å². The van der Waals surface area contributed by atoms with Crippen molar-refractivity contribution in [3.8, 4) is 18.1 Å². The van der Waals surface area contributed by atoms with Gasteiger partial charge in [0.05, 0.1) is 17.6 Å². The Balaban J connectivity index is 2.36. The van der Waals surface area contributed by atoms with E-state index >= 15 is 0 Å². The number of hydrogen-bond acceptors (Lipinski definition) is 4. The molecule has 102 valence electrons. The van der Waals surface area contributed by atoms with Crippen molar-refractivity contribution in [2.75, 3.05) is 7.11 Å². The molecular weight excluding hydrogens is 272 g/mol. The zero-order valence-electron chi connectivity index (χ0n) is 11.4. The number of terminal acetylenes is 1. The number of ether oxygens (including phenoxy) is 1. The van der Waals surface area contributed by atoms with Crippen LogP contribution in [0.3, 0.4) is 0 Å². The van der Waals surface area contributed by atoms with Gasteiger partial charge in [0.15, 0.2) is 5.78 Å². The van der Waals surface area contributed by atoms with Crippen molar-refractivity contribution >= 4 is 33.0 Å². The monoisotopic (exact) mass is 286 g/mol. The van der Waals surface area contributed by atoms with Crippen molar-refractivity contribution in [2.45, 2.75) is 19.8 Å². The highest BCUT2D eigenvalue weighted by molar-refractivity contribution is 7.20. The van der Waals surface area contributed by atoms with E-state index in [1.54, 1.807) is 7.11 Å². The summed E-state index contributed by atoms with van der Waals surface area (Å²) >= 11 is 1.40. The van der Waals surface area contributed by atoms with Gasteiger partial charge in [-0.2, -0.15) is 0 Å². The molecular formula is C16H14O3S. The van der Waals surface area contributed by atoms with Crippen molar-refractivity contribution in [1.82, 2.24) is 0 Å². The third kappa shape index (κ3) is 2.89. The van der Waals surface area contributed by atoms with E-state index in [2.05, 4.69) is 5.92 Å². The maximum absolute atomic E-state index is 12.0. The van der Waals surface area contributed by atoms with Crippen LogP contribution in [0, 0.1) is 12.3 Å². The molecule has 0 unspecified atom stereocenters. The molecule has 0 amide bonds. The fraction of sp³-hybridized carbons (Fsp3) is 0.250. The first kappa shape index (κ1) is 14.3. The molecule has 0 fully saturated rings. The molecule has 0 atom stereocenters. The predicted octanol–water partition coefficient (Wildman–Crippen LogP) is 3.44. The van der Waals surface area contributed by atoms with Gasteiger partial charge in [-0.3, -0.25) is 4.79 Å². The molecule has 0 N–H and O–H groups in total. The van der Waals surface area contributed by atoms with Crippen LogP contribution in [0.1, 0.15) is 35.0 Å². The smallest absolute Gasteiger partial charge is 0.173 e. The molecule has 0 aliphatic carbocycles. The highest BCUT2D eigenvalue weighted by atomic mass is 32.1. The van der Waals surface area contributed by atoms with Crippen LogP contribution in [0.5, 0.6) is 5.75 Å². The normalized spacial score (nSPS) is 10.2. The number of Topliss-reactive ketones (excluding diaryl/α,β-unsaturated/α-hetero) is 2. The number of carbonyl (C=O) groups excluding carboxylic acids is 2. The van der Waals surface area contributed by atoms with Crippen molar-refractivity contribution in [3.05, 3.63) is 28.6 Å². The zero-order valence-corrected chi connectivity index (χ0v) is 12.2. The SMILES string of the molecule is C#Cc1cc2cc(C(=O)CCC(C)=O)sc2cc1OC. The standard InChI is InChI=1S/C16H14O3S/c1-4-11-7-12-8-16(13(18)6-5-10(2)17)20-15(12)9-14(11)19-3/h1,7-9H,5-6H2,2-3H3. The van der Waals surface area contributed by atoms with E-state index in [0.29, 0.717) is 16.2 Å². The first-order chi connectivity index (χ1) is 9.55. The average Bonchev–Trinajstić information content (AvgIpc) is 2.85. The minimum absolute atomic E-state index is 0.0115. The molecule has 3 nitrogen and oxygen atoms in total. The van der Waals surface area contributed by atoms with Gasteiger partial charge < -0.3 is 9.53 Å². The number of rotatable bonds is 5. The van der Waals surface area contributed by atoms with Crippen LogP contribution < -0.4 is 4.74 Å². The second-order valence-electron chi connectivity index (χ2n) is 4.47. The highest BCUT2D eigenvalue weighted by Crippen LogP contribution is 2.32. The summed E-state index contributed by atoms with van der Waals surface area (Å²) in [6, 6.07) is 5.51. The molecule has 4 heteroatoms. The minimum atomic E-state index is -0.0115. The van der Waals surface area contributed by atoms with Crippen molar-refractivity contribution in [3.63, 3.8) is 0 Å². The van der Waals surface area contributed by atoms with Crippen molar-refractivity contribution in [2.24, 2.45) is 0 Å². The molecule has 0 saturated carbocycles. The Bertz CT molecular complexity index is 719. The largest absolute Gasteiger partial charge is 0.495 e. The van der Waals surface area contributed by atoms with Crippen LogP contribution in [0.4, 0.5) is 0 Å². The van der Waals surface area contributed by atoms with Gasteiger partial charge in [-0.1, -0.05) is 5.92 Å². The van der Waals surface area contributed by atoms with Crippen LogP contribution in [0.2, 0.25) is 0 Å². The lowest BCUT2D eigenvalue weighted by Crippen LogP contribution is -1.99. The average molecular weight is 286 g/mol. The summed E-state index contributed by atoms with van der Waals surface area (Å²) in [5.41, 5.74) is 0.667. The topological polar surface area (TPSA) is 43.4 Å². The third-order valence-electron chi connectivity index (χ3n) is 2.97. The number of benzene rings is 1. The van der Waals surface area contributed by atoms with Gasteiger partial charge in [0.1, 0.15) is 11.5 Å². The molecule has 0 bridgehead atoms. The molecule has 1 aromatic carbocycles. The van der Waals surface area contributed by atoms with Gasteiger partial charge in [-0.15, -0.1) is 17.8 Å². The molecule has 1 aromatic heterocycles. The molecule has 0 aliphatic heterocycles. The molecule has 0 spiro atoms. The van der Waals surface area contributed by atoms with Gasteiger partial charge in [0.2, 0.25) is 0 Å². The van der Waals surface area contributed by atoms with E-state index in [9.17, 15) is 9.59 Å². The number of methoxy groups -OCH3 is 1. The molecule has 0 saturated heterocycles. The van der Waals surface area contributed by atoms with Crippen molar-refractivity contribution < 1.29 is 14.3 Å². The summed E-state index contributed by atoms with van der Waals surface area (Å²) < 4.78 is 6.18. The second-order valence-corrected chi connectivity index (χ2v) is 5.55. The fourth-order valence-electron chi connectivity index (χ4n) is 1.90. The van der Waals surface area contributed by atoms with E-state index < -0.39 is 0 Å². The lowest BCUT2D eigenvalue weighted by molar-refractivity contribution is -0.116. The van der Waals surface area contributed by atoms with Crippen molar-refractivity contribution in [1.29, 1.82) is 0 Å². The molecule has 0 radical (unpaired) electrons. The Morgan fingerprint density at radius 3 is 2.65 bits per heavy atom. The molecule has 20 heavy (non-hydrogen) atoms. The lowest BCUT2D eigenvalue weighted by Gasteiger charge is -2.02. The Hall–Kier alpha value is -2.12. The van der Waals surface area contributed by atoms with E-state index in [1.165, 1.54) is 18.3 Å². The number of hydrogen-bond donors (Lipinski definition) is 0. The van der Waals surface area contributed by atoms with Gasteiger partial charge in [-0.25, -0.2) is 0 Å². The zero-order chi connectivity index (χ0) is 14.7. The van der Waals surface area contributed by atoms with Gasteiger partial charge in [0, 0.05) is 17.5 Å².